The number of fused-ring (bicyclic) bond motifs is 2. The van der Waals surface area contributed by atoms with E-state index in [1.807, 2.05) is 29.6 Å². The van der Waals surface area contributed by atoms with Gasteiger partial charge in [0.05, 0.1) is 10.2 Å². The lowest BCUT2D eigenvalue weighted by atomic mass is 10.2. The molecule has 3 aromatic rings. The summed E-state index contributed by atoms with van der Waals surface area (Å²) >= 11 is 1.64. The van der Waals surface area contributed by atoms with Gasteiger partial charge in [0, 0.05) is 6.54 Å². The van der Waals surface area contributed by atoms with Crippen LogP contribution >= 0.6 is 11.3 Å². The molecular formula is C14H11N3O2S. The highest BCUT2D eigenvalue weighted by molar-refractivity contribution is 7.17. The zero-order chi connectivity index (χ0) is 13.4. The molecule has 0 fully saturated rings. The Morgan fingerprint density at radius 1 is 1.15 bits per heavy atom. The SMILES string of the molecule is c1nc(NCc2ccc3c(c2)OCO3)c2sccc2n1. The van der Waals surface area contributed by atoms with Crippen molar-refractivity contribution in [3.63, 3.8) is 0 Å². The summed E-state index contributed by atoms with van der Waals surface area (Å²) in [5.74, 6) is 2.47. The van der Waals surface area contributed by atoms with E-state index in [2.05, 4.69) is 15.3 Å². The van der Waals surface area contributed by atoms with Gasteiger partial charge in [-0.1, -0.05) is 6.07 Å². The van der Waals surface area contributed by atoms with Gasteiger partial charge >= 0.3 is 0 Å². The fourth-order valence-electron chi connectivity index (χ4n) is 2.15. The number of thiophene rings is 1. The standard InChI is InChI=1S/C14H11N3O2S/c1-2-11-12(19-8-18-11)5-9(1)6-15-14-13-10(3-4-20-13)16-7-17-14/h1-5,7H,6,8H2,(H,15,16,17). The summed E-state index contributed by atoms with van der Waals surface area (Å²) in [6.07, 6.45) is 1.58. The number of rotatable bonds is 3. The molecule has 6 heteroatoms. The van der Waals surface area contributed by atoms with E-state index in [-0.39, 0.29) is 0 Å². The molecule has 0 bridgehead atoms. The smallest absolute Gasteiger partial charge is 0.231 e. The van der Waals surface area contributed by atoms with Crippen LogP contribution in [-0.4, -0.2) is 16.8 Å². The molecule has 0 saturated carbocycles. The molecule has 1 aliphatic rings. The van der Waals surface area contributed by atoms with Gasteiger partial charge in [-0.25, -0.2) is 9.97 Å². The number of aromatic nitrogens is 2. The summed E-state index contributed by atoms with van der Waals surface area (Å²) in [6, 6.07) is 7.93. The van der Waals surface area contributed by atoms with E-state index in [0.29, 0.717) is 13.3 Å². The van der Waals surface area contributed by atoms with Gasteiger partial charge < -0.3 is 14.8 Å². The van der Waals surface area contributed by atoms with Gasteiger partial charge in [0.25, 0.3) is 0 Å². The van der Waals surface area contributed by atoms with E-state index in [4.69, 9.17) is 9.47 Å². The molecule has 2 aromatic heterocycles. The molecular weight excluding hydrogens is 274 g/mol. The van der Waals surface area contributed by atoms with Crippen LogP contribution in [-0.2, 0) is 6.54 Å². The summed E-state index contributed by atoms with van der Waals surface area (Å²) in [5, 5.41) is 5.36. The highest BCUT2D eigenvalue weighted by Crippen LogP contribution is 2.33. The number of ether oxygens (including phenoxy) is 2. The number of hydrogen-bond acceptors (Lipinski definition) is 6. The van der Waals surface area contributed by atoms with Crippen LogP contribution in [0.4, 0.5) is 5.82 Å². The van der Waals surface area contributed by atoms with Crippen molar-refractivity contribution >= 4 is 27.4 Å². The Hall–Kier alpha value is -2.34. The molecule has 0 amide bonds. The van der Waals surface area contributed by atoms with Gasteiger partial charge in [-0.15, -0.1) is 11.3 Å². The van der Waals surface area contributed by atoms with Gasteiger partial charge in [0.1, 0.15) is 12.1 Å². The first-order chi connectivity index (χ1) is 9.90. The van der Waals surface area contributed by atoms with Crippen molar-refractivity contribution in [1.82, 2.24) is 9.97 Å². The predicted molar refractivity (Wildman–Crippen MR) is 77.3 cm³/mol. The minimum atomic E-state index is 0.300. The van der Waals surface area contributed by atoms with Gasteiger partial charge in [-0.3, -0.25) is 0 Å². The Morgan fingerprint density at radius 3 is 3.10 bits per heavy atom. The third-order valence-corrected chi connectivity index (χ3v) is 4.05. The molecule has 100 valence electrons. The van der Waals surface area contributed by atoms with E-state index in [0.717, 1.165) is 33.1 Å². The van der Waals surface area contributed by atoms with Crippen LogP contribution in [0.15, 0.2) is 36.0 Å². The van der Waals surface area contributed by atoms with Crippen molar-refractivity contribution in [2.45, 2.75) is 6.54 Å². The lowest BCUT2D eigenvalue weighted by Gasteiger charge is -2.07. The molecule has 3 heterocycles. The first kappa shape index (κ1) is 11.5. The Balaban J connectivity index is 1.57. The second-order valence-electron chi connectivity index (χ2n) is 4.40. The monoisotopic (exact) mass is 285 g/mol. The van der Waals surface area contributed by atoms with E-state index in [1.54, 1.807) is 17.7 Å². The van der Waals surface area contributed by atoms with Gasteiger partial charge in [-0.2, -0.15) is 0 Å². The molecule has 0 aliphatic carbocycles. The lowest BCUT2D eigenvalue weighted by molar-refractivity contribution is 0.174. The minimum Gasteiger partial charge on any atom is -0.454 e. The first-order valence-electron chi connectivity index (χ1n) is 6.21. The fraction of sp³-hybridized carbons (Fsp3) is 0.143. The summed E-state index contributed by atoms with van der Waals surface area (Å²) in [7, 11) is 0. The lowest BCUT2D eigenvalue weighted by Crippen LogP contribution is -2.01. The third kappa shape index (κ3) is 1.94. The molecule has 1 N–H and O–H groups in total. The number of hydrogen-bond donors (Lipinski definition) is 1. The zero-order valence-corrected chi connectivity index (χ0v) is 11.3. The number of anilines is 1. The van der Waals surface area contributed by atoms with Crippen LogP contribution in [0.5, 0.6) is 11.5 Å². The van der Waals surface area contributed by atoms with Crippen molar-refractivity contribution in [2.75, 3.05) is 12.1 Å². The van der Waals surface area contributed by atoms with Gasteiger partial charge in [0.2, 0.25) is 6.79 Å². The minimum absolute atomic E-state index is 0.300. The van der Waals surface area contributed by atoms with E-state index in [1.165, 1.54) is 0 Å². The maximum atomic E-state index is 5.38. The zero-order valence-electron chi connectivity index (χ0n) is 10.5. The van der Waals surface area contributed by atoms with Crippen LogP contribution in [0, 0.1) is 0 Å². The average Bonchev–Trinajstić information content (AvgIpc) is 3.13. The largest absolute Gasteiger partial charge is 0.454 e. The second kappa shape index (κ2) is 4.64. The van der Waals surface area contributed by atoms with Crippen molar-refractivity contribution in [3.05, 3.63) is 41.5 Å². The van der Waals surface area contributed by atoms with Crippen molar-refractivity contribution in [2.24, 2.45) is 0 Å². The van der Waals surface area contributed by atoms with Gasteiger partial charge in [0.15, 0.2) is 11.5 Å². The Labute approximate surface area is 119 Å². The number of benzene rings is 1. The summed E-state index contributed by atoms with van der Waals surface area (Å²) in [5.41, 5.74) is 2.09. The van der Waals surface area contributed by atoms with Gasteiger partial charge in [-0.05, 0) is 29.1 Å². The molecule has 0 radical (unpaired) electrons. The van der Waals surface area contributed by atoms with Crippen LogP contribution < -0.4 is 14.8 Å². The summed E-state index contributed by atoms with van der Waals surface area (Å²) in [6.45, 7) is 0.981. The Bertz CT molecular complexity index is 772. The molecule has 5 nitrogen and oxygen atoms in total. The first-order valence-corrected chi connectivity index (χ1v) is 7.09. The van der Waals surface area contributed by atoms with Crippen LogP contribution in [0.25, 0.3) is 10.2 Å². The third-order valence-electron chi connectivity index (χ3n) is 3.14. The Morgan fingerprint density at radius 2 is 2.10 bits per heavy atom. The fourth-order valence-corrected chi connectivity index (χ4v) is 2.96. The molecule has 0 saturated heterocycles. The summed E-state index contributed by atoms with van der Waals surface area (Å²) < 4.78 is 11.8. The quantitative estimate of drug-likeness (QED) is 0.801. The van der Waals surface area contributed by atoms with Crippen molar-refractivity contribution in [3.8, 4) is 11.5 Å². The van der Waals surface area contributed by atoms with Crippen LogP contribution in [0.2, 0.25) is 0 Å². The molecule has 0 spiro atoms. The second-order valence-corrected chi connectivity index (χ2v) is 5.31. The maximum absolute atomic E-state index is 5.38. The predicted octanol–water partition coefficient (Wildman–Crippen LogP) is 3.03. The van der Waals surface area contributed by atoms with Crippen LogP contribution in [0.3, 0.4) is 0 Å². The molecule has 0 unspecified atom stereocenters. The Kier molecular flexibility index (Phi) is 2.67. The normalized spacial score (nSPS) is 12.8. The van der Waals surface area contributed by atoms with E-state index < -0.39 is 0 Å². The van der Waals surface area contributed by atoms with Crippen molar-refractivity contribution in [1.29, 1.82) is 0 Å². The topological polar surface area (TPSA) is 56.3 Å². The average molecular weight is 285 g/mol. The van der Waals surface area contributed by atoms with Crippen LogP contribution in [0.1, 0.15) is 5.56 Å². The van der Waals surface area contributed by atoms with E-state index >= 15 is 0 Å². The molecule has 1 aliphatic heterocycles. The summed E-state index contributed by atoms with van der Waals surface area (Å²) in [4.78, 5) is 8.53. The number of nitrogens with one attached hydrogen (secondary N) is 1. The molecule has 0 atom stereocenters. The van der Waals surface area contributed by atoms with Crippen molar-refractivity contribution < 1.29 is 9.47 Å². The molecule has 20 heavy (non-hydrogen) atoms. The molecule has 4 rings (SSSR count). The van der Waals surface area contributed by atoms with E-state index in [9.17, 15) is 0 Å². The highest BCUT2D eigenvalue weighted by Gasteiger charge is 2.13. The highest BCUT2D eigenvalue weighted by atomic mass is 32.1. The number of nitrogens with zero attached hydrogens (tertiary/aromatic N) is 2. The maximum Gasteiger partial charge on any atom is 0.231 e. The molecule has 1 aromatic carbocycles.